The number of non-ortho nitro benzene ring substituents is 1. The van der Waals surface area contributed by atoms with Gasteiger partial charge in [-0.1, -0.05) is 102 Å². The Labute approximate surface area is 254 Å². The minimum Gasteiger partial charge on any atom is -0.345 e. The van der Waals surface area contributed by atoms with Gasteiger partial charge in [0.15, 0.2) is 11.0 Å². The number of rotatable bonds is 11. The zero-order valence-corrected chi connectivity index (χ0v) is 24.5. The number of nitro groups is 1. The molecule has 1 amide bonds. The van der Waals surface area contributed by atoms with Gasteiger partial charge in [-0.15, -0.1) is 10.2 Å². The molecule has 1 aliphatic carbocycles. The molecule has 0 aliphatic heterocycles. The lowest BCUT2D eigenvalue weighted by molar-refractivity contribution is -0.384. The van der Waals surface area contributed by atoms with E-state index in [1.165, 1.54) is 35.0 Å². The van der Waals surface area contributed by atoms with Gasteiger partial charge in [-0.2, -0.15) is 0 Å². The Morgan fingerprint density at radius 1 is 0.953 bits per heavy atom. The van der Waals surface area contributed by atoms with Crippen LogP contribution in [0.25, 0.3) is 5.69 Å². The smallest absolute Gasteiger partial charge is 0.269 e. The molecule has 5 aromatic rings. The number of amides is 1. The third-order valence-electron chi connectivity index (χ3n) is 7.69. The van der Waals surface area contributed by atoms with Gasteiger partial charge in [0.25, 0.3) is 5.69 Å². The Morgan fingerprint density at radius 3 is 2.35 bits per heavy atom. The van der Waals surface area contributed by atoms with Crippen molar-refractivity contribution in [3.8, 4) is 5.69 Å². The van der Waals surface area contributed by atoms with E-state index in [0.717, 1.165) is 17.5 Å². The molecule has 0 spiro atoms. The number of hydrogen-bond acceptors (Lipinski definition) is 6. The number of nitrogens with one attached hydrogen (secondary N) is 1. The molecule has 43 heavy (non-hydrogen) atoms. The quantitative estimate of drug-likeness (QED) is 0.101. The number of carbonyl (C=O) groups excluding carboxylic acids is 1. The molecule has 1 fully saturated rings. The fraction of sp³-hybridized carbons (Fsp3) is 0.206. The van der Waals surface area contributed by atoms with Crippen molar-refractivity contribution >= 4 is 23.4 Å². The number of carbonyl (C=O) groups is 1. The molecule has 0 bridgehead atoms. The molecule has 1 N–H and O–H groups in total. The van der Waals surface area contributed by atoms with Gasteiger partial charge in [-0.25, -0.2) is 0 Å². The van der Waals surface area contributed by atoms with Crippen molar-refractivity contribution in [2.45, 2.75) is 42.6 Å². The summed E-state index contributed by atoms with van der Waals surface area (Å²) < 4.78 is 1.92. The molecule has 216 valence electrons. The number of nitrogens with zero attached hydrogens (tertiary/aromatic N) is 4. The highest BCUT2D eigenvalue weighted by molar-refractivity contribution is 7.98. The molecule has 1 aliphatic rings. The summed E-state index contributed by atoms with van der Waals surface area (Å²) in [5, 5.41) is 24.5. The summed E-state index contributed by atoms with van der Waals surface area (Å²) >= 11 is 1.54. The maximum atomic E-state index is 13.6. The summed E-state index contributed by atoms with van der Waals surface area (Å²) in [6.45, 7) is 2.06. The average Bonchev–Trinajstić information content (AvgIpc) is 3.73. The van der Waals surface area contributed by atoms with Gasteiger partial charge in [0.05, 0.1) is 11.0 Å². The van der Waals surface area contributed by atoms with Crippen LogP contribution in [-0.2, 0) is 17.0 Å². The Morgan fingerprint density at radius 2 is 1.65 bits per heavy atom. The molecular formula is C34H31N5O3S. The second-order valence-electron chi connectivity index (χ2n) is 10.8. The predicted octanol–water partition coefficient (Wildman–Crippen LogP) is 6.98. The van der Waals surface area contributed by atoms with Crippen molar-refractivity contribution in [2.24, 2.45) is 5.92 Å². The lowest BCUT2D eigenvalue weighted by Gasteiger charge is -2.20. The number of hydrogen-bond donors (Lipinski definition) is 1. The van der Waals surface area contributed by atoms with E-state index in [-0.39, 0.29) is 23.4 Å². The third-order valence-corrected chi connectivity index (χ3v) is 8.69. The van der Waals surface area contributed by atoms with Crippen LogP contribution < -0.4 is 5.32 Å². The molecule has 6 rings (SSSR count). The van der Waals surface area contributed by atoms with Crippen molar-refractivity contribution < 1.29 is 9.72 Å². The summed E-state index contributed by atoms with van der Waals surface area (Å²) in [6.07, 6.45) is 1.32. The molecule has 8 nitrogen and oxygen atoms in total. The second kappa shape index (κ2) is 12.6. The monoisotopic (exact) mass is 589 g/mol. The standard InChI is InChI=1S/C34H31N5O3S/c1-23-9-8-12-25(19-23)22-43-34-37-36-32(38(34)27-15-17-28(18-16-27)39(41)42)31(20-24-10-4-2-5-11-24)35-33(40)30-21-29(30)26-13-6-3-7-14-26/h2-19,29-31H,20-22H2,1H3,(H,35,40). The highest BCUT2D eigenvalue weighted by atomic mass is 32.2. The SMILES string of the molecule is Cc1cccc(CSc2nnc(C(Cc3ccccc3)NC(=O)C3CC3c3ccccc3)n2-c2ccc([N+](=O)[O-])cc2)c1. The molecule has 1 aromatic heterocycles. The second-order valence-corrected chi connectivity index (χ2v) is 11.8. The van der Waals surface area contributed by atoms with E-state index in [1.807, 2.05) is 59.2 Å². The summed E-state index contributed by atoms with van der Waals surface area (Å²) in [6, 6.07) is 34.3. The maximum absolute atomic E-state index is 13.6. The number of aryl methyl sites for hydroxylation is 1. The molecule has 0 saturated heterocycles. The van der Waals surface area contributed by atoms with E-state index < -0.39 is 11.0 Å². The summed E-state index contributed by atoms with van der Waals surface area (Å²) in [5.74, 6) is 1.33. The van der Waals surface area contributed by atoms with Gasteiger partial charge in [0, 0.05) is 29.5 Å². The Bertz CT molecular complexity index is 1720. The highest BCUT2D eigenvalue weighted by Crippen LogP contribution is 2.47. The lowest BCUT2D eigenvalue weighted by atomic mass is 10.0. The largest absolute Gasteiger partial charge is 0.345 e. The lowest BCUT2D eigenvalue weighted by Crippen LogP contribution is -2.33. The summed E-state index contributed by atoms with van der Waals surface area (Å²) in [4.78, 5) is 24.6. The van der Waals surface area contributed by atoms with Crippen molar-refractivity contribution in [3.63, 3.8) is 0 Å². The van der Waals surface area contributed by atoms with E-state index in [1.54, 1.807) is 12.1 Å². The third kappa shape index (κ3) is 6.67. The molecule has 1 heterocycles. The number of nitro benzene ring substituents is 1. The van der Waals surface area contributed by atoms with Crippen molar-refractivity contribution in [1.82, 2.24) is 20.1 Å². The molecule has 9 heteroatoms. The van der Waals surface area contributed by atoms with Gasteiger partial charge >= 0.3 is 0 Å². The number of thioether (sulfide) groups is 1. The first-order valence-corrected chi connectivity index (χ1v) is 15.2. The van der Waals surface area contributed by atoms with Gasteiger partial charge in [-0.05, 0) is 54.5 Å². The molecule has 3 atom stereocenters. The van der Waals surface area contributed by atoms with Gasteiger partial charge < -0.3 is 5.32 Å². The molecule has 0 radical (unpaired) electrons. The van der Waals surface area contributed by atoms with Crippen LogP contribution in [0, 0.1) is 23.0 Å². The molecule has 4 aromatic carbocycles. The molecular weight excluding hydrogens is 558 g/mol. The van der Waals surface area contributed by atoms with Crippen LogP contribution in [0.3, 0.4) is 0 Å². The zero-order chi connectivity index (χ0) is 29.8. The first-order valence-electron chi connectivity index (χ1n) is 14.2. The van der Waals surface area contributed by atoms with Gasteiger partial charge in [0.1, 0.15) is 0 Å². The van der Waals surface area contributed by atoms with E-state index >= 15 is 0 Å². The topological polar surface area (TPSA) is 103 Å². The minimum atomic E-state index is -0.470. The maximum Gasteiger partial charge on any atom is 0.269 e. The highest BCUT2D eigenvalue weighted by Gasteiger charge is 2.44. The Hall–Kier alpha value is -4.76. The minimum absolute atomic E-state index is 0.00200. The first kappa shape index (κ1) is 28.4. The number of benzene rings is 4. The number of aromatic nitrogens is 3. The van der Waals surface area contributed by atoms with Gasteiger partial charge in [-0.3, -0.25) is 19.5 Å². The average molecular weight is 590 g/mol. The zero-order valence-electron chi connectivity index (χ0n) is 23.7. The Balaban J connectivity index is 1.34. The van der Waals surface area contributed by atoms with Crippen LogP contribution >= 0.6 is 11.8 Å². The van der Waals surface area contributed by atoms with Crippen LogP contribution in [0.1, 0.15) is 46.5 Å². The van der Waals surface area contributed by atoms with Crippen LogP contribution in [0.5, 0.6) is 0 Å². The van der Waals surface area contributed by atoms with E-state index in [4.69, 9.17) is 0 Å². The van der Waals surface area contributed by atoms with E-state index in [2.05, 4.69) is 52.8 Å². The molecule has 1 saturated carbocycles. The summed E-state index contributed by atoms with van der Waals surface area (Å²) in [5.41, 5.74) is 5.25. The predicted molar refractivity (Wildman–Crippen MR) is 167 cm³/mol. The van der Waals surface area contributed by atoms with Crippen LogP contribution in [0.2, 0.25) is 0 Å². The fourth-order valence-electron chi connectivity index (χ4n) is 5.41. The van der Waals surface area contributed by atoms with Crippen molar-refractivity contribution in [2.75, 3.05) is 0 Å². The van der Waals surface area contributed by atoms with Crippen molar-refractivity contribution in [3.05, 3.63) is 147 Å². The summed E-state index contributed by atoms with van der Waals surface area (Å²) in [7, 11) is 0. The van der Waals surface area contributed by atoms with Crippen LogP contribution in [0.15, 0.2) is 114 Å². The Kier molecular flexibility index (Phi) is 8.33. The van der Waals surface area contributed by atoms with Crippen LogP contribution in [0.4, 0.5) is 5.69 Å². The fourth-order valence-corrected chi connectivity index (χ4v) is 6.31. The normalized spacial score (nSPS) is 16.4. The van der Waals surface area contributed by atoms with Crippen LogP contribution in [-0.4, -0.2) is 25.6 Å². The van der Waals surface area contributed by atoms with E-state index in [9.17, 15) is 14.9 Å². The first-order chi connectivity index (χ1) is 21.0. The van der Waals surface area contributed by atoms with Gasteiger partial charge in [0.2, 0.25) is 5.91 Å². The van der Waals surface area contributed by atoms with E-state index in [0.29, 0.717) is 28.8 Å². The molecule has 3 unspecified atom stereocenters. The van der Waals surface area contributed by atoms with Crippen molar-refractivity contribution in [1.29, 1.82) is 0 Å².